The van der Waals surface area contributed by atoms with Crippen LogP contribution in [-0.4, -0.2) is 30.9 Å². The maximum Gasteiger partial charge on any atom is 0.306 e. The summed E-state index contributed by atoms with van der Waals surface area (Å²) >= 11 is 0. The Morgan fingerprint density at radius 1 is 1.21 bits per heavy atom. The monoisotopic (exact) mass is 336 g/mol. The number of carbonyl (C=O) groups is 1. The zero-order valence-corrected chi connectivity index (χ0v) is 15.8. The van der Waals surface area contributed by atoms with Gasteiger partial charge < -0.3 is 14.6 Å². The Morgan fingerprint density at radius 2 is 1.92 bits per heavy atom. The average Bonchev–Trinajstić information content (AvgIpc) is 2.50. The Morgan fingerprint density at radius 3 is 2.50 bits per heavy atom. The van der Waals surface area contributed by atoms with Crippen LogP contribution in [0.1, 0.15) is 63.6 Å². The summed E-state index contributed by atoms with van der Waals surface area (Å²) in [5.41, 5.74) is 3.40. The van der Waals surface area contributed by atoms with E-state index in [1.807, 2.05) is 6.92 Å². The fraction of sp³-hybridized carbons (Fsp3) is 0.650. The molecule has 0 amide bonds. The molecule has 0 spiro atoms. The summed E-state index contributed by atoms with van der Waals surface area (Å²) in [4.78, 5) is 11.9. The SMILES string of the molecule is CCOc1c(CCC(=O)OCCCCO)cc(C)cc1C(C)(C)C. The molecule has 1 aromatic carbocycles. The van der Waals surface area contributed by atoms with Crippen molar-refractivity contribution < 1.29 is 19.4 Å². The second kappa shape index (κ2) is 9.67. The van der Waals surface area contributed by atoms with Gasteiger partial charge in [0.1, 0.15) is 5.75 Å². The Labute approximate surface area is 146 Å². The van der Waals surface area contributed by atoms with Crippen LogP contribution in [0.5, 0.6) is 5.75 Å². The van der Waals surface area contributed by atoms with Crippen LogP contribution in [-0.2, 0) is 21.4 Å². The molecule has 0 aromatic heterocycles. The first-order valence-electron chi connectivity index (χ1n) is 8.82. The van der Waals surface area contributed by atoms with Crippen molar-refractivity contribution in [1.29, 1.82) is 0 Å². The van der Waals surface area contributed by atoms with E-state index in [0.717, 1.165) is 11.3 Å². The third-order valence-electron chi connectivity index (χ3n) is 3.82. The highest BCUT2D eigenvalue weighted by Crippen LogP contribution is 2.36. The predicted octanol–water partition coefficient (Wildman–Crippen LogP) is 3.94. The van der Waals surface area contributed by atoms with Crippen molar-refractivity contribution in [2.45, 2.75) is 65.7 Å². The number of rotatable bonds is 9. The Kier molecular flexibility index (Phi) is 8.26. The van der Waals surface area contributed by atoms with Crippen molar-refractivity contribution in [3.8, 4) is 5.75 Å². The standard InChI is InChI=1S/C20H32O4/c1-6-23-19-16(9-10-18(22)24-12-8-7-11-21)13-15(2)14-17(19)20(3,4)5/h13-14,21H,6-12H2,1-5H3. The smallest absolute Gasteiger partial charge is 0.306 e. The van der Waals surface area contributed by atoms with Gasteiger partial charge in [-0.15, -0.1) is 0 Å². The lowest BCUT2D eigenvalue weighted by molar-refractivity contribution is -0.143. The first kappa shape index (κ1) is 20.5. The van der Waals surface area contributed by atoms with Crippen LogP contribution in [0.2, 0.25) is 0 Å². The van der Waals surface area contributed by atoms with Gasteiger partial charge in [-0.05, 0) is 44.1 Å². The van der Waals surface area contributed by atoms with Crippen molar-refractivity contribution in [2.75, 3.05) is 19.8 Å². The maximum absolute atomic E-state index is 11.9. The highest BCUT2D eigenvalue weighted by atomic mass is 16.5. The minimum atomic E-state index is -0.200. The van der Waals surface area contributed by atoms with Gasteiger partial charge in [-0.25, -0.2) is 0 Å². The third-order valence-corrected chi connectivity index (χ3v) is 3.82. The highest BCUT2D eigenvalue weighted by Gasteiger charge is 2.22. The van der Waals surface area contributed by atoms with Crippen LogP contribution in [0, 0.1) is 6.92 Å². The Bertz CT molecular complexity index is 529. The number of hydrogen-bond donors (Lipinski definition) is 1. The van der Waals surface area contributed by atoms with E-state index in [-0.39, 0.29) is 18.0 Å². The van der Waals surface area contributed by atoms with Crippen molar-refractivity contribution in [1.82, 2.24) is 0 Å². The van der Waals surface area contributed by atoms with E-state index in [9.17, 15) is 4.79 Å². The number of unbranched alkanes of at least 4 members (excludes halogenated alkanes) is 1. The molecule has 0 fully saturated rings. The molecule has 0 aliphatic carbocycles. The normalized spacial score (nSPS) is 11.4. The maximum atomic E-state index is 11.9. The van der Waals surface area contributed by atoms with Gasteiger partial charge in [0.15, 0.2) is 0 Å². The molecule has 0 heterocycles. The van der Waals surface area contributed by atoms with E-state index in [1.165, 1.54) is 11.1 Å². The predicted molar refractivity (Wildman–Crippen MR) is 96.6 cm³/mol. The van der Waals surface area contributed by atoms with Crippen molar-refractivity contribution >= 4 is 5.97 Å². The number of ether oxygens (including phenoxy) is 2. The molecule has 1 aromatic rings. The molecule has 4 nitrogen and oxygen atoms in total. The number of esters is 1. The quantitative estimate of drug-likeness (QED) is 0.548. The first-order chi connectivity index (χ1) is 11.3. The van der Waals surface area contributed by atoms with Crippen LogP contribution in [0.4, 0.5) is 0 Å². The van der Waals surface area contributed by atoms with Crippen molar-refractivity contribution in [3.05, 3.63) is 28.8 Å². The molecule has 4 heteroatoms. The number of hydrogen-bond acceptors (Lipinski definition) is 4. The van der Waals surface area contributed by atoms with Crippen LogP contribution in [0.15, 0.2) is 12.1 Å². The summed E-state index contributed by atoms with van der Waals surface area (Å²) in [6.07, 6.45) is 2.31. The molecule has 0 atom stereocenters. The van der Waals surface area contributed by atoms with Gasteiger partial charge in [0.2, 0.25) is 0 Å². The summed E-state index contributed by atoms with van der Waals surface area (Å²) in [6.45, 7) is 11.7. The molecule has 136 valence electrons. The first-order valence-corrected chi connectivity index (χ1v) is 8.82. The Hall–Kier alpha value is -1.55. The molecule has 0 radical (unpaired) electrons. The molecular weight excluding hydrogens is 304 g/mol. The van der Waals surface area contributed by atoms with Gasteiger partial charge in [0.05, 0.1) is 13.2 Å². The molecule has 0 bridgehead atoms. The lowest BCUT2D eigenvalue weighted by Gasteiger charge is -2.25. The number of aryl methyl sites for hydroxylation is 2. The van der Waals surface area contributed by atoms with Gasteiger partial charge in [0.25, 0.3) is 0 Å². The largest absolute Gasteiger partial charge is 0.493 e. The fourth-order valence-corrected chi connectivity index (χ4v) is 2.61. The highest BCUT2D eigenvalue weighted by molar-refractivity contribution is 5.70. The molecule has 0 aliphatic heterocycles. The van der Waals surface area contributed by atoms with Gasteiger partial charge >= 0.3 is 5.97 Å². The summed E-state index contributed by atoms with van der Waals surface area (Å²) < 4.78 is 11.1. The van der Waals surface area contributed by atoms with Crippen LogP contribution >= 0.6 is 0 Å². The topological polar surface area (TPSA) is 55.8 Å². The molecule has 24 heavy (non-hydrogen) atoms. The molecule has 1 rings (SSSR count). The van der Waals surface area contributed by atoms with Crippen LogP contribution in [0.3, 0.4) is 0 Å². The minimum absolute atomic E-state index is 0.0178. The number of carbonyl (C=O) groups excluding carboxylic acids is 1. The van der Waals surface area contributed by atoms with E-state index in [4.69, 9.17) is 14.6 Å². The van der Waals surface area contributed by atoms with E-state index in [0.29, 0.717) is 38.9 Å². The van der Waals surface area contributed by atoms with Gasteiger partial charge in [-0.1, -0.05) is 38.5 Å². The molecule has 0 saturated carbocycles. The van der Waals surface area contributed by atoms with Gasteiger partial charge in [-0.3, -0.25) is 4.79 Å². The molecule has 0 saturated heterocycles. The van der Waals surface area contributed by atoms with Gasteiger partial charge in [0, 0.05) is 18.6 Å². The molecule has 0 aliphatic rings. The minimum Gasteiger partial charge on any atom is -0.493 e. The summed E-state index contributed by atoms with van der Waals surface area (Å²) in [5, 5.41) is 8.73. The lowest BCUT2D eigenvalue weighted by atomic mass is 9.83. The third kappa shape index (κ3) is 6.52. The fourth-order valence-electron chi connectivity index (χ4n) is 2.61. The summed E-state index contributed by atoms with van der Waals surface area (Å²) in [7, 11) is 0. The van der Waals surface area contributed by atoms with Crippen molar-refractivity contribution in [2.24, 2.45) is 0 Å². The van der Waals surface area contributed by atoms with Gasteiger partial charge in [-0.2, -0.15) is 0 Å². The molecular formula is C20H32O4. The van der Waals surface area contributed by atoms with E-state index >= 15 is 0 Å². The second-order valence-electron chi connectivity index (χ2n) is 7.13. The summed E-state index contributed by atoms with van der Waals surface area (Å²) in [5.74, 6) is 0.706. The van der Waals surface area contributed by atoms with E-state index < -0.39 is 0 Å². The Balaban J connectivity index is 2.83. The van der Waals surface area contributed by atoms with E-state index in [1.54, 1.807) is 0 Å². The average molecular weight is 336 g/mol. The second-order valence-corrected chi connectivity index (χ2v) is 7.13. The zero-order chi connectivity index (χ0) is 18.2. The lowest BCUT2D eigenvalue weighted by Crippen LogP contribution is -2.16. The number of aliphatic hydroxyl groups excluding tert-OH is 1. The number of benzene rings is 1. The molecule has 1 N–H and O–H groups in total. The van der Waals surface area contributed by atoms with Crippen LogP contribution in [0.25, 0.3) is 0 Å². The zero-order valence-electron chi connectivity index (χ0n) is 15.8. The number of aliphatic hydroxyl groups is 1. The molecule has 0 unspecified atom stereocenters. The van der Waals surface area contributed by atoms with E-state index in [2.05, 4.69) is 39.8 Å². The summed E-state index contributed by atoms with van der Waals surface area (Å²) in [6, 6.07) is 4.26. The van der Waals surface area contributed by atoms with Crippen molar-refractivity contribution in [3.63, 3.8) is 0 Å². The van der Waals surface area contributed by atoms with Crippen LogP contribution < -0.4 is 4.74 Å².